The molecule has 1 aliphatic heterocycles. The van der Waals surface area contributed by atoms with E-state index in [0.717, 1.165) is 18.6 Å². The number of hydrogen-bond donors (Lipinski definition) is 0. The molecule has 1 fully saturated rings. The van der Waals surface area contributed by atoms with Crippen molar-refractivity contribution in [2.24, 2.45) is 0 Å². The van der Waals surface area contributed by atoms with E-state index in [1.165, 1.54) is 6.42 Å². The number of carbonyl (C=O) groups is 1. The average molecular weight is 233 g/mol. The summed E-state index contributed by atoms with van der Waals surface area (Å²) in [6.07, 6.45) is 8.37. The maximum Gasteiger partial charge on any atom is 0.247 e. The van der Waals surface area contributed by atoms with Crippen molar-refractivity contribution in [1.29, 1.82) is 0 Å². The molecular weight excluding hydrogens is 214 g/mol. The fourth-order valence-corrected chi connectivity index (χ4v) is 2.48. The first-order chi connectivity index (χ1) is 8.18. The number of rotatable bonds is 2. The van der Waals surface area contributed by atoms with Crippen molar-refractivity contribution >= 4 is 12.0 Å². The van der Waals surface area contributed by atoms with Crippen LogP contribution in [0.2, 0.25) is 0 Å². The lowest BCUT2D eigenvalue weighted by Crippen LogP contribution is -2.46. The Bertz CT molecular complexity index is 384. The molecule has 3 nitrogen and oxygen atoms in total. The standard InChI is InChI=1S/C14H19NO2/c1-11-5-3-6-12(2)15(11)14(16)9-8-13-7-4-10-17-13/h4,7-12H,3,5-6H2,1-2H3/b9-8+. The first-order valence-electron chi connectivity index (χ1n) is 6.22. The summed E-state index contributed by atoms with van der Waals surface area (Å²) in [5.74, 6) is 0.803. The summed E-state index contributed by atoms with van der Waals surface area (Å²) in [7, 11) is 0. The molecule has 1 amide bonds. The topological polar surface area (TPSA) is 33.5 Å². The molecule has 0 N–H and O–H groups in total. The number of nitrogens with zero attached hydrogens (tertiary/aromatic N) is 1. The van der Waals surface area contributed by atoms with E-state index in [4.69, 9.17) is 4.42 Å². The Morgan fingerprint density at radius 3 is 2.71 bits per heavy atom. The first-order valence-corrected chi connectivity index (χ1v) is 6.22. The minimum Gasteiger partial charge on any atom is -0.465 e. The van der Waals surface area contributed by atoms with Crippen LogP contribution in [0, 0.1) is 0 Å². The molecule has 0 radical (unpaired) electrons. The van der Waals surface area contributed by atoms with Crippen molar-refractivity contribution in [3.8, 4) is 0 Å². The predicted octanol–water partition coefficient (Wildman–Crippen LogP) is 3.08. The summed E-state index contributed by atoms with van der Waals surface area (Å²) >= 11 is 0. The van der Waals surface area contributed by atoms with Crippen LogP contribution in [0.3, 0.4) is 0 Å². The van der Waals surface area contributed by atoms with Crippen LogP contribution in [0.1, 0.15) is 38.9 Å². The molecule has 1 aliphatic rings. The van der Waals surface area contributed by atoms with Gasteiger partial charge in [-0.05, 0) is 51.3 Å². The Morgan fingerprint density at radius 2 is 2.12 bits per heavy atom. The monoisotopic (exact) mass is 233 g/mol. The smallest absolute Gasteiger partial charge is 0.247 e. The number of furan rings is 1. The van der Waals surface area contributed by atoms with E-state index in [9.17, 15) is 4.79 Å². The van der Waals surface area contributed by atoms with E-state index < -0.39 is 0 Å². The Hall–Kier alpha value is -1.51. The molecule has 1 aromatic rings. The Balaban J connectivity index is 2.03. The fraction of sp³-hybridized carbons (Fsp3) is 0.500. The van der Waals surface area contributed by atoms with E-state index in [-0.39, 0.29) is 5.91 Å². The fourth-order valence-electron chi connectivity index (χ4n) is 2.48. The van der Waals surface area contributed by atoms with Crippen molar-refractivity contribution in [3.63, 3.8) is 0 Å². The molecule has 0 aromatic carbocycles. The van der Waals surface area contributed by atoms with Crippen molar-refractivity contribution in [2.45, 2.75) is 45.2 Å². The maximum atomic E-state index is 12.1. The zero-order valence-corrected chi connectivity index (χ0v) is 10.4. The van der Waals surface area contributed by atoms with Crippen molar-refractivity contribution in [1.82, 2.24) is 4.90 Å². The predicted molar refractivity (Wildman–Crippen MR) is 67.4 cm³/mol. The molecule has 0 bridgehead atoms. The zero-order valence-electron chi connectivity index (χ0n) is 10.4. The molecule has 2 heterocycles. The molecule has 0 saturated carbocycles. The number of hydrogen-bond acceptors (Lipinski definition) is 2. The molecule has 2 unspecified atom stereocenters. The van der Waals surface area contributed by atoms with E-state index in [0.29, 0.717) is 12.1 Å². The van der Waals surface area contributed by atoms with Gasteiger partial charge in [0.2, 0.25) is 5.91 Å². The normalized spacial score (nSPS) is 25.4. The molecule has 2 atom stereocenters. The van der Waals surface area contributed by atoms with Gasteiger partial charge in [0.05, 0.1) is 6.26 Å². The molecule has 92 valence electrons. The number of likely N-dealkylation sites (tertiary alicyclic amines) is 1. The van der Waals surface area contributed by atoms with Gasteiger partial charge >= 0.3 is 0 Å². The van der Waals surface area contributed by atoms with E-state index >= 15 is 0 Å². The SMILES string of the molecule is CC1CCCC(C)N1C(=O)/C=C/c1ccco1. The third kappa shape index (κ3) is 2.78. The van der Waals surface area contributed by atoms with Crippen molar-refractivity contribution in [3.05, 3.63) is 30.2 Å². The summed E-state index contributed by atoms with van der Waals surface area (Å²) in [4.78, 5) is 14.1. The second kappa shape index (κ2) is 5.21. The van der Waals surface area contributed by atoms with Crippen LogP contribution in [0.4, 0.5) is 0 Å². The van der Waals surface area contributed by atoms with Gasteiger partial charge in [-0.25, -0.2) is 0 Å². The van der Waals surface area contributed by atoms with Gasteiger partial charge in [-0.2, -0.15) is 0 Å². The van der Waals surface area contributed by atoms with Gasteiger partial charge in [-0.3, -0.25) is 4.79 Å². The lowest BCUT2D eigenvalue weighted by molar-refractivity contribution is -0.131. The number of amides is 1. The van der Waals surface area contributed by atoms with E-state index in [2.05, 4.69) is 13.8 Å². The van der Waals surface area contributed by atoms with Gasteiger partial charge in [0.25, 0.3) is 0 Å². The van der Waals surface area contributed by atoms with E-state index in [1.807, 2.05) is 17.0 Å². The molecular formula is C14H19NO2. The molecule has 1 saturated heterocycles. The van der Waals surface area contributed by atoms with Gasteiger partial charge in [-0.15, -0.1) is 0 Å². The largest absolute Gasteiger partial charge is 0.465 e. The van der Waals surface area contributed by atoms with Crippen LogP contribution in [0.15, 0.2) is 28.9 Å². The molecule has 0 spiro atoms. The lowest BCUT2D eigenvalue weighted by atomic mass is 9.97. The van der Waals surface area contributed by atoms with E-state index in [1.54, 1.807) is 18.4 Å². The van der Waals surface area contributed by atoms with Crippen molar-refractivity contribution < 1.29 is 9.21 Å². The quantitative estimate of drug-likeness (QED) is 0.735. The molecule has 0 aliphatic carbocycles. The molecule has 17 heavy (non-hydrogen) atoms. The Kier molecular flexibility index (Phi) is 3.67. The molecule has 1 aromatic heterocycles. The Labute approximate surface area is 102 Å². The zero-order chi connectivity index (χ0) is 12.3. The van der Waals surface area contributed by atoms with Gasteiger partial charge < -0.3 is 9.32 Å². The van der Waals surface area contributed by atoms with Crippen LogP contribution >= 0.6 is 0 Å². The highest BCUT2D eigenvalue weighted by atomic mass is 16.3. The summed E-state index contributed by atoms with van der Waals surface area (Å²) in [5, 5.41) is 0. The highest BCUT2D eigenvalue weighted by Gasteiger charge is 2.27. The van der Waals surface area contributed by atoms with Crippen molar-refractivity contribution in [2.75, 3.05) is 0 Å². The number of piperidine rings is 1. The summed E-state index contributed by atoms with van der Waals surface area (Å²) in [5.41, 5.74) is 0. The molecule has 3 heteroatoms. The lowest BCUT2D eigenvalue weighted by Gasteiger charge is -2.38. The minimum atomic E-state index is 0.0844. The van der Waals surface area contributed by atoms with Gasteiger partial charge in [0.15, 0.2) is 0 Å². The second-order valence-corrected chi connectivity index (χ2v) is 4.72. The third-order valence-corrected chi connectivity index (χ3v) is 3.38. The van der Waals surface area contributed by atoms with Gasteiger partial charge in [-0.1, -0.05) is 0 Å². The Morgan fingerprint density at radius 1 is 1.41 bits per heavy atom. The second-order valence-electron chi connectivity index (χ2n) is 4.72. The van der Waals surface area contributed by atoms with Crippen LogP contribution in [-0.2, 0) is 4.79 Å². The van der Waals surface area contributed by atoms with Crippen LogP contribution in [0.5, 0.6) is 0 Å². The van der Waals surface area contributed by atoms with Gasteiger partial charge in [0, 0.05) is 18.2 Å². The highest BCUT2D eigenvalue weighted by molar-refractivity contribution is 5.91. The first kappa shape index (κ1) is 12.0. The highest BCUT2D eigenvalue weighted by Crippen LogP contribution is 2.22. The maximum absolute atomic E-state index is 12.1. The third-order valence-electron chi connectivity index (χ3n) is 3.38. The van der Waals surface area contributed by atoms with Crippen LogP contribution in [0.25, 0.3) is 6.08 Å². The van der Waals surface area contributed by atoms with Crippen LogP contribution < -0.4 is 0 Å². The van der Waals surface area contributed by atoms with Crippen LogP contribution in [-0.4, -0.2) is 22.9 Å². The number of carbonyl (C=O) groups excluding carboxylic acids is 1. The molecule has 2 rings (SSSR count). The minimum absolute atomic E-state index is 0.0844. The average Bonchev–Trinajstić information content (AvgIpc) is 2.79. The summed E-state index contributed by atoms with van der Waals surface area (Å²) < 4.78 is 5.17. The summed E-state index contributed by atoms with van der Waals surface area (Å²) in [6, 6.07) is 4.34. The summed E-state index contributed by atoms with van der Waals surface area (Å²) in [6.45, 7) is 4.24. The van der Waals surface area contributed by atoms with Gasteiger partial charge in [0.1, 0.15) is 5.76 Å².